The molecule has 0 unspecified atom stereocenters. The second kappa shape index (κ2) is 3.95. The summed E-state index contributed by atoms with van der Waals surface area (Å²) in [6.45, 7) is 0. The van der Waals surface area contributed by atoms with Crippen molar-refractivity contribution in [2.24, 2.45) is 0 Å². The molecular weight excluding hydrogens is 198 g/mol. The fourth-order valence-corrected chi connectivity index (χ4v) is 0.954. The molecule has 0 atom stereocenters. The lowest BCUT2D eigenvalue weighted by Crippen LogP contribution is -2.00. The predicted molar refractivity (Wildman–Crippen MR) is 42.4 cm³/mol. The summed E-state index contributed by atoms with van der Waals surface area (Å²) < 4.78 is 29.2. The van der Waals surface area contributed by atoms with E-state index >= 15 is 0 Å². The Morgan fingerprint density at radius 1 is 1.57 bits per heavy atom. The molecule has 1 aromatic heterocycles. The van der Waals surface area contributed by atoms with E-state index in [0.717, 1.165) is 19.5 Å². The van der Waals surface area contributed by atoms with E-state index in [1.165, 1.54) is 0 Å². The van der Waals surface area contributed by atoms with Crippen molar-refractivity contribution in [2.45, 2.75) is 6.43 Å². The molecule has 0 N–H and O–H groups in total. The van der Waals surface area contributed by atoms with Crippen LogP contribution < -0.4 is 4.74 Å². The van der Waals surface area contributed by atoms with Gasteiger partial charge in [-0.25, -0.2) is 8.78 Å². The number of hydrogen-bond donors (Lipinski definition) is 0. The van der Waals surface area contributed by atoms with Gasteiger partial charge < -0.3 is 4.74 Å². The van der Waals surface area contributed by atoms with Crippen LogP contribution in [0.2, 0.25) is 0 Å². The number of methoxy groups -OCH3 is 1. The van der Waals surface area contributed by atoms with Crippen LogP contribution in [-0.4, -0.2) is 17.0 Å². The first-order valence-electron chi connectivity index (χ1n) is 3.52. The van der Waals surface area contributed by atoms with Gasteiger partial charge in [-0.2, -0.15) is 0 Å². The second-order valence-corrected chi connectivity index (χ2v) is 2.34. The lowest BCUT2D eigenvalue weighted by Gasteiger charge is -2.04. The summed E-state index contributed by atoms with van der Waals surface area (Å²) in [5, 5.41) is 10.5. The second-order valence-electron chi connectivity index (χ2n) is 2.34. The van der Waals surface area contributed by atoms with Gasteiger partial charge in [0.2, 0.25) is 5.75 Å². The Kier molecular flexibility index (Phi) is 2.90. The van der Waals surface area contributed by atoms with Gasteiger partial charge in [-0.05, 0) is 0 Å². The first-order chi connectivity index (χ1) is 6.57. The number of alkyl halides is 2. The van der Waals surface area contributed by atoms with Gasteiger partial charge >= 0.3 is 5.69 Å². The summed E-state index contributed by atoms with van der Waals surface area (Å²) >= 11 is 0. The first kappa shape index (κ1) is 10.3. The quantitative estimate of drug-likeness (QED) is 0.557. The van der Waals surface area contributed by atoms with Crippen LogP contribution in [0.15, 0.2) is 12.4 Å². The van der Waals surface area contributed by atoms with Crippen molar-refractivity contribution >= 4 is 5.69 Å². The predicted octanol–water partition coefficient (Wildman–Crippen LogP) is 1.94. The van der Waals surface area contributed by atoms with Crippen molar-refractivity contribution in [2.75, 3.05) is 7.11 Å². The van der Waals surface area contributed by atoms with Crippen LogP contribution in [-0.2, 0) is 0 Å². The highest BCUT2D eigenvalue weighted by molar-refractivity contribution is 5.50. The Labute approximate surface area is 77.5 Å². The van der Waals surface area contributed by atoms with E-state index in [-0.39, 0.29) is 5.75 Å². The molecule has 0 aliphatic carbocycles. The van der Waals surface area contributed by atoms with Gasteiger partial charge in [0.25, 0.3) is 6.43 Å². The zero-order valence-electron chi connectivity index (χ0n) is 7.11. The van der Waals surface area contributed by atoms with Gasteiger partial charge in [0, 0.05) is 6.20 Å². The van der Waals surface area contributed by atoms with Gasteiger partial charge in [-0.1, -0.05) is 0 Å². The van der Waals surface area contributed by atoms with Crippen molar-refractivity contribution in [1.82, 2.24) is 4.98 Å². The molecule has 1 rings (SSSR count). The van der Waals surface area contributed by atoms with Crippen LogP contribution in [0.4, 0.5) is 14.5 Å². The van der Waals surface area contributed by atoms with Crippen molar-refractivity contribution in [3.05, 3.63) is 28.1 Å². The monoisotopic (exact) mass is 204 g/mol. The molecule has 0 amide bonds. The maximum absolute atomic E-state index is 12.3. The molecule has 0 spiro atoms. The van der Waals surface area contributed by atoms with E-state index in [4.69, 9.17) is 0 Å². The number of ether oxygens (including phenoxy) is 1. The summed E-state index contributed by atoms with van der Waals surface area (Å²) in [5.74, 6) is -0.271. The number of halogens is 2. The lowest BCUT2D eigenvalue weighted by atomic mass is 10.2. The number of nitrogens with zero attached hydrogens (tertiary/aromatic N) is 2. The fraction of sp³-hybridized carbons (Fsp3) is 0.286. The van der Waals surface area contributed by atoms with E-state index in [9.17, 15) is 18.9 Å². The molecule has 0 aromatic carbocycles. The lowest BCUT2D eigenvalue weighted by molar-refractivity contribution is -0.387. The Morgan fingerprint density at radius 2 is 2.21 bits per heavy atom. The van der Waals surface area contributed by atoms with Crippen LogP contribution in [0.3, 0.4) is 0 Å². The third-order valence-electron chi connectivity index (χ3n) is 1.55. The molecule has 0 aliphatic rings. The van der Waals surface area contributed by atoms with Gasteiger partial charge in [0.1, 0.15) is 5.56 Å². The molecule has 76 valence electrons. The van der Waals surface area contributed by atoms with Gasteiger partial charge in [0.15, 0.2) is 0 Å². The minimum absolute atomic E-state index is 0.271. The Balaban J connectivity index is 3.35. The molecule has 14 heavy (non-hydrogen) atoms. The van der Waals surface area contributed by atoms with Gasteiger partial charge in [0.05, 0.1) is 18.2 Å². The third-order valence-corrected chi connectivity index (χ3v) is 1.55. The van der Waals surface area contributed by atoms with Gasteiger partial charge in [-0.15, -0.1) is 0 Å². The summed E-state index contributed by atoms with van der Waals surface area (Å²) in [6, 6.07) is 0. The molecule has 5 nitrogen and oxygen atoms in total. The number of hydrogen-bond acceptors (Lipinski definition) is 4. The van der Waals surface area contributed by atoms with Crippen LogP contribution >= 0.6 is 0 Å². The summed E-state index contributed by atoms with van der Waals surface area (Å²) in [7, 11) is 1.15. The van der Waals surface area contributed by atoms with Crippen molar-refractivity contribution < 1.29 is 18.4 Å². The molecule has 7 heteroatoms. The normalized spacial score (nSPS) is 10.3. The zero-order chi connectivity index (χ0) is 10.7. The number of rotatable bonds is 3. The standard InChI is InChI=1S/C7H6F2N2O3/c1-14-5-3-10-2-4(7(8)9)6(5)11(12)13/h2-3,7H,1H3. The summed E-state index contributed by atoms with van der Waals surface area (Å²) in [6.07, 6.45) is -1.17. The maximum atomic E-state index is 12.3. The van der Waals surface area contributed by atoms with Crippen molar-refractivity contribution in [3.8, 4) is 5.75 Å². The zero-order valence-corrected chi connectivity index (χ0v) is 7.11. The van der Waals surface area contributed by atoms with Crippen LogP contribution in [0.5, 0.6) is 5.75 Å². The summed E-state index contributed by atoms with van der Waals surface area (Å²) in [4.78, 5) is 13.0. The summed E-state index contributed by atoms with van der Waals surface area (Å²) in [5.41, 5.74) is -1.48. The van der Waals surface area contributed by atoms with E-state index < -0.39 is 22.6 Å². The third kappa shape index (κ3) is 1.76. The van der Waals surface area contributed by atoms with Crippen LogP contribution in [0, 0.1) is 10.1 Å². The van der Waals surface area contributed by atoms with E-state index in [1.807, 2.05) is 0 Å². The Morgan fingerprint density at radius 3 is 2.64 bits per heavy atom. The average molecular weight is 204 g/mol. The fourth-order valence-electron chi connectivity index (χ4n) is 0.954. The minimum Gasteiger partial charge on any atom is -0.489 e. The van der Waals surface area contributed by atoms with E-state index in [1.54, 1.807) is 0 Å². The van der Waals surface area contributed by atoms with Crippen LogP contribution in [0.1, 0.15) is 12.0 Å². The van der Waals surface area contributed by atoms with E-state index in [2.05, 4.69) is 9.72 Å². The topological polar surface area (TPSA) is 65.3 Å². The maximum Gasteiger partial charge on any atom is 0.322 e. The molecule has 0 saturated heterocycles. The van der Waals surface area contributed by atoms with Gasteiger partial charge in [-0.3, -0.25) is 15.1 Å². The van der Waals surface area contributed by atoms with E-state index in [0.29, 0.717) is 0 Å². The smallest absolute Gasteiger partial charge is 0.322 e. The van der Waals surface area contributed by atoms with Crippen LogP contribution in [0.25, 0.3) is 0 Å². The molecular formula is C7H6F2N2O3. The SMILES string of the molecule is COc1cncc(C(F)F)c1[N+](=O)[O-]. The highest BCUT2D eigenvalue weighted by atomic mass is 19.3. The number of nitro groups is 1. The molecule has 1 heterocycles. The molecule has 0 aliphatic heterocycles. The Bertz CT molecular complexity index is 357. The minimum atomic E-state index is -2.95. The van der Waals surface area contributed by atoms with Crippen molar-refractivity contribution in [1.29, 1.82) is 0 Å². The largest absolute Gasteiger partial charge is 0.489 e. The Hall–Kier alpha value is -1.79. The first-order valence-corrected chi connectivity index (χ1v) is 3.52. The molecule has 0 saturated carbocycles. The number of aromatic nitrogens is 1. The molecule has 0 bridgehead atoms. The van der Waals surface area contributed by atoms with Crippen molar-refractivity contribution in [3.63, 3.8) is 0 Å². The average Bonchev–Trinajstić information content (AvgIpc) is 2.16. The molecule has 0 fully saturated rings. The molecule has 0 radical (unpaired) electrons. The molecule has 1 aromatic rings. The number of pyridine rings is 1. The highest BCUT2D eigenvalue weighted by Gasteiger charge is 2.26. The highest BCUT2D eigenvalue weighted by Crippen LogP contribution is 2.35.